The van der Waals surface area contributed by atoms with E-state index in [9.17, 15) is 24.6 Å². The summed E-state index contributed by atoms with van der Waals surface area (Å²) in [6.07, 6.45) is -0.455. The van der Waals surface area contributed by atoms with Gasteiger partial charge in [-0.2, -0.15) is 4.39 Å². The van der Waals surface area contributed by atoms with Gasteiger partial charge in [0.25, 0.3) is 5.69 Å². The third-order valence-corrected chi connectivity index (χ3v) is 4.06. The van der Waals surface area contributed by atoms with Crippen LogP contribution in [0.15, 0.2) is 36.4 Å². The number of nitro groups is 2. The van der Waals surface area contributed by atoms with Crippen molar-refractivity contribution in [2.75, 3.05) is 20.0 Å². The van der Waals surface area contributed by atoms with E-state index in [1.165, 1.54) is 31.4 Å². The fraction of sp³-hybridized carbons (Fsp3) is 0.368. The zero-order valence-electron chi connectivity index (χ0n) is 15.9. The second-order valence-corrected chi connectivity index (χ2v) is 5.80. The highest BCUT2D eigenvalue weighted by atomic mass is 19.1. The molecule has 2 rings (SSSR count). The van der Waals surface area contributed by atoms with E-state index in [1.54, 1.807) is 20.1 Å². The van der Waals surface area contributed by atoms with Crippen LogP contribution in [0.2, 0.25) is 0 Å². The number of hydrogen-bond acceptors (Lipinski definition) is 7. The first-order chi connectivity index (χ1) is 13.1. The predicted molar refractivity (Wildman–Crippen MR) is 108 cm³/mol. The Balaban J connectivity index is 0.000000523. The van der Waals surface area contributed by atoms with E-state index in [1.807, 2.05) is 6.92 Å². The lowest BCUT2D eigenvalue weighted by atomic mass is 10.1. The molecule has 0 aliphatic carbocycles. The normalized spacial score (nSPS) is 12.0. The number of nitro benzene ring substituents is 2. The Morgan fingerprint density at radius 1 is 0.897 bits per heavy atom. The molecule has 0 saturated heterocycles. The van der Waals surface area contributed by atoms with Gasteiger partial charge in [-0.25, -0.2) is 0 Å². The lowest BCUT2D eigenvalue weighted by molar-refractivity contribution is -0.387. The van der Waals surface area contributed by atoms with Crippen LogP contribution in [-0.4, -0.2) is 24.1 Å². The Bertz CT molecular complexity index is 777. The second-order valence-electron chi connectivity index (χ2n) is 5.80. The molecule has 0 heterocycles. The molecule has 0 amide bonds. The average molecular weight is 411 g/mol. The van der Waals surface area contributed by atoms with Crippen LogP contribution in [0.25, 0.3) is 0 Å². The number of nitrogens with zero attached hydrogens (tertiary/aromatic N) is 2. The molecule has 2 unspecified atom stereocenters. The van der Waals surface area contributed by atoms with Crippen molar-refractivity contribution in [2.24, 2.45) is 0 Å². The lowest BCUT2D eigenvalue weighted by Crippen LogP contribution is -2.00. The summed E-state index contributed by atoms with van der Waals surface area (Å²) in [7, 11) is 3.03. The maximum atomic E-state index is 12.9. The zero-order valence-corrected chi connectivity index (χ0v) is 15.9. The molecular weight excluding hydrogens is 385 g/mol. The third-order valence-electron chi connectivity index (χ3n) is 4.06. The van der Waals surface area contributed by atoms with Gasteiger partial charge in [0.15, 0.2) is 0 Å². The molecule has 2 atom stereocenters. The molecule has 2 N–H and O–H groups in total. The third kappa shape index (κ3) is 7.09. The second kappa shape index (κ2) is 11.7. The number of nitrogens with two attached hydrogens (primary N) is 1. The van der Waals surface area contributed by atoms with Crippen molar-refractivity contribution in [3.05, 3.63) is 73.6 Å². The molecule has 2 aromatic carbocycles. The van der Waals surface area contributed by atoms with Crippen LogP contribution >= 0.6 is 0 Å². The van der Waals surface area contributed by atoms with Crippen molar-refractivity contribution in [3.8, 4) is 0 Å². The number of ether oxygens (including phenoxy) is 2. The van der Waals surface area contributed by atoms with Gasteiger partial charge in [-0.15, -0.1) is 0 Å². The van der Waals surface area contributed by atoms with Crippen molar-refractivity contribution in [2.45, 2.75) is 33.5 Å². The van der Waals surface area contributed by atoms with Crippen LogP contribution < -0.4 is 5.73 Å². The minimum absolute atomic E-state index is 0. The maximum Gasteiger partial charge on any atom is 0.305 e. The summed E-state index contributed by atoms with van der Waals surface area (Å²) in [4.78, 5) is 19.7. The molecule has 0 aromatic heterocycles. The molecule has 0 aliphatic rings. The maximum absolute atomic E-state index is 12.9. The van der Waals surface area contributed by atoms with E-state index < -0.39 is 21.4 Å². The number of methoxy groups -OCH3 is 2. The first-order valence-electron chi connectivity index (χ1n) is 8.15. The van der Waals surface area contributed by atoms with E-state index in [0.29, 0.717) is 5.56 Å². The van der Waals surface area contributed by atoms with Gasteiger partial charge in [0.2, 0.25) is 5.82 Å². The highest BCUT2D eigenvalue weighted by Gasteiger charge is 2.16. The van der Waals surface area contributed by atoms with Gasteiger partial charge in [-0.05, 0) is 37.1 Å². The fourth-order valence-corrected chi connectivity index (χ4v) is 2.17. The number of benzene rings is 2. The Kier molecular flexibility index (Phi) is 10.4. The monoisotopic (exact) mass is 411 g/mol. The molecule has 2 aromatic rings. The van der Waals surface area contributed by atoms with Crippen LogP contribution in [0, 0.1) is 26.0 Å². The van der Waals surface area contributed by atoms with Crippen LogP contribution in [0.4, 0.5) is 21.5 Å². The summed E-state index contributed by atoms with van der Waals surface area (Å²) >= 11 is 0. The molecule has 0 aliphatic heterocycles. The summed E-state index contributed by atoms with van der Waals surface area (Å²) in [6.45, 7) is 3.55. The van der Waals surface area contributed by atoms with Gasteiger partial charge < -0.3 is 15.2 Å². The van der Waals surface area contributed by atoms with Crippen LogP contribution in [0.3, 0.4) is 0 Å². The Morgan fingerprint density at radius 2 is 1.31 bits per heavy atom. The lowest BCUT2D eigenvalue weighted by Gasteiger charge is -2.09. The number of rotatable bonds is 6. The van der Waals surface area contributed by atoms with Crippen molar-refractivity contribution >= 4 is 17.1 Å². The van der Waals surface area contributed by atoms with Gasteiger partial charge in [0.05, 0.1) is 22.1 Å². The van der Waals surface area contributed by atoms with Crippen LogP contribution in [0.5, 0.6) is 0 Å². The van der Waals surface area contributed by atoms with Gasteiger partial charge in [-0.3, -0.25) is 20.2 Å². The number of nitrogen functional groups attached to an aromatic ring is 1. The molecule has 0 saturated carbocycles. The topological polar surface area (TPSA) is 131 Å². The highest BCUT2D eigenvalue weighted by molar-refractivity contribution is 5.59. The Morgan fingerprint density at radius 3 is 1.72 bits per heavy atom. The largest absolute Gasteiger partial charge is 0.393 e. The molecule has 160 valence electrons. The quantitative estimate of drug-likeness (QED) is 0.403. The van der Waals surface area contributed by atoms with Crippen molar-refractivity contribution in [3.63, 3.8) is 0 Å². The molecule has 10 heteroatoms. The van der Waals surface area contributed by atoms with E-state index in [0.717, 1.165) is 11.6 Å². The predicted octanol–water partition coefficient (Wildman–Crippen LogP) is 4.96. The van der Waals surface area contributed by atoms with Gasteiger partial charge in [0.1, 0.15) is 5.69 Å². The minimum Gasteiger partial charge on any atom is -0.393 e. The SMILES string of the molecule is C.COC(C)c1ccc(F)c([N+](=O)[O-])c1.COC(C)c1ccc(N)c([N+](=O)[O-])c1. The van der Waals surface area contributed by atoms with Crippen molar-refractivity contribution < 1.29 is 23.7 Å². The van der Waals surface area contributed by atoms with E-state index in [4.69, 9.17) is 15.2 Å². The van der Waals surface area contributed by atoms with E-state index in [-0.39, 0.29) is 31.0 Å². The summed E-state index contributed by atoms with van der Waals surface area (Å²) in [5.41, 5.74) is 6.35. The van der Waals surface area contributed by atoms with Crippen LogP contribution in [0.1, 0.15) is 44.6 Å². The van der Waals surface area contributed by atoms with Crippen molar-refractivity contribution in [1.29, 1.82) is 0 Å². The molecule has 0 spiro atoms. The number of hydrogen-bond donors (Lipinski definition) is 1. The Hall–Kier alpha value is -3.11. The van der Waals surface area contributed by atoms with E-state index >= 15 is 0 Å². The Labute approximate surface area is 168 Å². The fourth-order valence-electron chi connectivity index (χ4n) is 2.17. The molecular formula is C19H26FN3O6. The molecule has 0 radical (unpaired) electrons. The van der Waals surface area contributed by atoms with Crippen molar-refractivity contribution in [1.82, 2.24) is 0 Å². The summed E-state index contributed by atoms with van der Waals surface area (Å²) in [5, 5.41) is 21.0. The van der Waals surface area contributed by atoms with Gasteiger partial charge in [-0.1, -0.05) is 19.6 Å². The summed E-state index contributed by atoms with van der Waals surface area (Å²) in [6, 6.07) is 8.39. The standard InChI is InChI=1S/C9H10FNO3.C9H12N2O3.CH4/c2*1-6(14-2)7-3-4-8(10)9(5-7)11(12)13;/h3-6H,1-2H3;3-6H,10H2,1-2H3;1H4. The molecule has 0 bridgehead atoms. The molecule has 9 nitrogen and oxygen atoms in total. The van der Waals surface area contributed by atoms with E-state index in [2.05, 4.69) is 0 Å². The molecule has 0 fully saturated rings. The smallest absolute Gasteiger partial charge is 0.305 e. The first kappa shape index (κ1) is 25.9. The number of halogens is 1. The zero-order chi connectivity index (χ0) is 21.4. The summed E-state index contributed by atoms with van der Waals surface area (Å²) in [5.74, 6) is -0.831. The van der Waals surface area contributed by atoms with Gasteiger partial charge in [0, 0.05) is 26.4 Å². The molecule has 29 heavy (non-hydrogen) atoms. The van der Waals surface area contributed by atoms with Gasteiger partial charge >= 0.3 is 5.69 Å². The first-order valence-corrected chi connectivity index (χ1v) is 8.15. The highest BCUT2D eigenvalue weighted by Crippen LogP contribution is 2.26. The van der Waals surface area contributed by atoms with Crippen LogP contribution in [-0.2, 0) is 9.47 Å². The summed E-state index contributed by atoms with van der Waals surface area (Å²) < 4.78 is 22.9. The average Bonchev–Trinajstić information content (AvgIpc) is 2.67. The minimum atomic E-state index is -0.831. The number of anilines is 1.